The molecule has 1 aliphatic rings. The average Bonchev–Trinajstić information content (AvgIpc) is 2.28. The van der Waals surface area contributed by atoms with E-state index in [1.54, 1.807) is 0 Å². The third kappa shape index (κ3) is 3.40. The van der Waals surface area contributed by atoms with E-state index >= 15 is 0 Å². The zero-order chi connectivity index (χ0) is 13.1. The lowest BCUT2D eigenvalue weighted by molar-refractivity contribution is 0.126. The molecule has 1 aromatic carbocycles. The summed E-state index contributed by atoms with van der Waals surface area (Å²) in [5.74, 6) is 0.114. The van der Waals surface area contributed by atoms with Gasteiger partial charge in [-0.3, -0.25) is 0 Å². The first-order chi connectivity index (χ1) is 8.54. The number of rotatable bonds is 3. The predicted molar refractivity (Wildman–Crippen MR) is 63.4 cm³/mol. The second kappa shape index (κ2) is 5.63. The van der Waals surface area contributed by atoms with Crippen molar-refractivity contribution in [1.29, 1.82) is 0 Å². The van der Waals surface area contributed by atoms with Crippen molar-refractivity contribution >= 4 is 0 Å². The summed E-state index contributed by atoms with van der Waals surface area (Å²) in [5, 5.41) is 0. The Hall–Kier alpha value is -1.19. The van der Waals surface area contributed by atoms with Crippen molar-refractivity contribution < 1.29 is 17.9 Å². The molecule has 4 heteroatoms. The van der Waals surface area contributed by atoms with Crippen LogP contribution >= 0.6 is 0 Å². The van der Waals surface area contributed by atoms with E-state index in [-0.39, 0.29) is 17.4 Å². The molecule has 1 nitrogen and oxygen atoms in total. The Morgan fingerprint density at radius 2 is 2.00 bits per heavy atom. The van der Waals surface area contributed by atoms with E-state index < -0.39 is 12.2 Å². The van der Waals surface area contributed by atoms with Gasteiger partial charge in [-0.1, -0.05) is 13.3 Å². The molecule has 18 heavy (non-hydrogen) atoms. The van der Waals surface area contributed by atoms with Crippen LogP contribution in [0.4, 0.5) is 13.2 Å². The quantitative estimate of drug-likeness (QED) is 0.762. The third-order valence-electron chi connectivity index (χ3n) is 3.34. The maximum Gasteiger partial charge on any atom is 0.264 e. The molecule has 0 heterocycles. The van der Waals surface area contributed by atoms with Crippen molar-refractivity contribution in [3.63, 3.8) is 0 Å². The Balaban J connectivity index is 2.08. The molecule has 0 amide bonds. The SMILES string of the molecule is CC1CCCC(Oc2cc(F)cc(C(F)F)c2)C1. The largest absolute Gasteiger partial charge is 0.490 e. The molecule has 1 aliphatic carbocycles. The van der Waals surface area contributed by atoms with Gasteiger partial charge in [0.05, 0.1) is 6.10 Å². The average molecular weight is 258 g/mol. The van der Waals surface area contributed by atoms with Gasteiger partial charge >= 0.3 is 0 Å². The zero-order valence-corrected chi connectivity index (χ0v) is 10.3. The van der Waals surface area contributed by atoms with Crippen molar-refractivity contribution in [1.82, 2.24) is 0 Å². The number of benzene rings is 1. The van der Waals surface area contributed by atoms with Crippen molar-refractivity contribution in [3.8, 4) is 5.75 Å². The Bertz CT molecular complexity index is 406. The van der Waals surface area contributed by atoms with Crippen LogP contribution in [0.3, 0.4) is 0 Å². The molecule has 0 N–H and O–H groups in total. The Morgan fingerprint density at radius 1 is 1.22 bits per heavy atom. The van der Waals surface area contributed by atoms with E-state index in [2.05, 4.69) is 6.92 Å². The molecule has 0 bridgehead atoms. The van der Waals surface area contributed by atoms with E-state index in [1.807, 2.05) is 0 Å². The Labute approximate surface area is 105 Å². The Kier molecular flexibility index (Phi) is 4.15. The molecule has 0 aliphatic heterocycles. The molecule has 0 radical (unpaired) electrons. The van der Waals surface area contributed by atoms with Crippen LogP contribution in [0, 0.1) is 11.7 Å². The molecule has 0 saturated heterocycles. The maximum absolute atomic E-state index is 13.2. The van der Waals surface area contributed by atoms with Crippen LogP contribution in [0.15, 0.2) is 18.2 Å². The minimum Gasteiger partial charge on any atom is -0.490 e. The van der Waals surface area contributed by atoms with E-state index in [9.17, 15) is 13.2 Å². The first-order valence-corrected chi connectivity index (χ1v) is 6.30. The molecule has 2 atom stereocenters. The van der Waals surface area contributed by atoms with Gasteiger partial charge in [-0.05, 0) is 37.3 Å². The number of alkyl halides is 2. The number of hydrogen-bond acceptors (Lipinski definition) is 1. The van der Waals surface area contributed by atoms with Crippen LogP contribution in [0.1, 0.15) is 44.6 Å². The van der Waals surface area contributed by atoms with E-state index in [4.69, 9.17) is 4.74 Å². The van der Waals surface area contributed by atoms with Gasteiger partial charge in [0.2, 0.25) is 0 Å². The van der Waals surface area contributed by atoms with Gasteiger partial charge in [-0.2, -0.15) is 0 Å². The molecule has 0 aromatic heterocycles. The lowest BCUT2D eigenvalue weighted by Gasteiger charge is -2.27. The summed E-state index contributed by atoms with van der Waals surface area (Å²) in [4.78, 5) is 0. The summed E-state index contributed by atoms with van der Waals surface area (Å²) in [6.45, 7) is 2.14. The summed E-state index contributed by atoms with van der Waals surface area (Å²) in [6, 6.07) is 3.25. The third-order valence-corrected chi connectivity index (χ3v) is 3.34. The summed E-state index contributed by atoms with van der Waals surface area (Å²) in [7, 11) is 0. The normalized spacial score (nSPS) is 24.3. The van der Waals surface area contributed by atoms with Crippen LogP contribution in [0.25, 0.3) is 0 Å². The monoisotopic (exact) mass is 258 g/mol. The highest BCUT2D eigenvalue weighted by atomic mass is 19.3. The van der Waals surface area contributed by atoms with Gasteiger partial charge in [0.15, 0.2) is 0 Å². The van der Waals surface area contributed by atoms with Gasteiger partial charge in [-0.15, -0.1) is 0 Å². The van der Waals surface area contributed by atoms with Crippen molar-refractivity contribution in [2.75, 3.05) is 0 Å². The van der Waals surface area contributed by atoms with Gasteiger partial charge < -0.3 is 4.74 Å². The number of ether oxygens (including phenoxy) is 1. The summed E-state index contributed by atoms with van der Waals surface area (Å²) >= 11 is 0. The maximum atomic E-state index is 13.2. The molecule has 1 fully saturated rings. The van der Waals surface area contributed by atoms with Crippen LogP contribution in [0.2, 0.25) is 0 Å². The fraction of sp³-hybridized carbons (Fsp3) is 0.571. The first-order valence-electron chi connectivity index (χ1n) is 6.30. The van der Waals surface area contributed by atoms with Crippen molar-refractivity contribution in [2.45, 2.75) is 45.1 Å². The lowest BCUT2D eigenvalue weighted by atomic mass is 9.89. The predicted octanol–water partition coefficient (Wildman–Crippen LogP) is 4.72. The zero-order valence-electron chi connectivity index (χ0n) is 10.3. The minimum atomic E-state index is -2.67. The molecule has 100 valence electrons. The van der Waals surface area contributed by atoms with E-state index in [0.29, 0.717) is 5.92 Å². The highest BCUT2D eigenvalue weighted by Gasteiger charge is 2.21. The van der Waals surface area contributed by atoms with Crippen LogP contribution < -0.4 is 4.74 Å². The molecular formula is C14H17F3O. The topological polar surface area (TPSA) is 9.23 Å². The second-order valence-corrected chi connectivity index (χ2v) is 5.03. The van der Waals surface area contributed by atoms with Crippen molar-refractivity contribution in [3.05, 3.63) is 29.6 Å². The molecule has 0 spiro atoms. The molecule has 2 rings (SSSR count). The smallest absolute Gasteiger partial charge is 0.264 e. The highest BCUT2D eigenvalue weighted by Crippen LogP contribution is 2.30. The van der Waals surface area contributed by atoms with E-state index in [1.165, 1.54) is 18.6 Å². The summed E-state index contributed by atoms with van der Waals surface area (Å²) in [5.41, 5.74) is -0.325. The molecule has 2 unspecified atom stereocenters. The first kappa shape index (κ1) is 13.2. The highest BCUT2D eigenvalue weighted by molar-refractivity contribution is 5.30. The van der Waals surface area contributed by atoms with Crippen LogP contribution in [-0.2, 0) is 0 Å². The molecule has 1 saturated carbocycles. The molecule has 1 aromatic rings. The number of halogens is 3. The minimum absolute atomic E-state index is 0.0149. The lowest BCUT2D eigenvalue weighted by Crippen LogP contribution is -2.24. The fourth-order valence-corrected chi connectivity index (χ4v) is 2.46. The second-order valence-electron chi connectivity index (χ2n) is 5.03. The number of hydrogen-bond donors (Lipinski definition) is 0. The van der Waals surface area contributed by atoms with Gasteiger partial charge in [-0.25, -0.2) is 13.2 Å². The van der Waals surface area contributed by atoms with Gasteiger partial charge in [0.1, 0.15) is 11.6 Å². The molecular weight excluding hydrogens is 241 g/mol. The fourth-order valence-electron chi connectivity index (χ4n) is 2.46. The summed E-state index contributed by atoms with van der Waals surface area (Å²) in [6.07, 6.45) is 1.40. The van der Waals surface area contributed by atoms with Gasteiger partial charge in [0, 0.05) is 11.6 Å². The van der Waals surface area contributed by atoms with Crippen LogP contribution in [-0.4, -0.2) is 6.10 Å². The standard InChI is InChI=1S/C14H17F3O/c1-9-3-2-4-12(5-9)18-13-7-10(14(16)17)6-11(15)8-13/h6-9,12,14H,2-5H2,1H3. The van der Waals surface area contributed by atoms with Crippen LogP contribution in [0.5, 0.6) is 5.75 Å². The summed E-state index contributed by atoms with van der Waals surface area (Å²) < 4.78 is 43.9. The van der Waals surface area contributed by atoms with Gasteiger partial charge in [0.25, 0.3) is 6.43 Å². The van der Waals surface area contributed by atoms with E-state index in [0.717, 1.165) is 25.3 Å². The van der Waals surface area contributed by atoms with Crippen molar-refractivity contribution in [2.24, 2.45) is 5.92 Å². The Morgan fingerprint density at radius 3 is 2.67 bits per heavy atom.